The number of carboxylic acid groups (broad SMARTS) is 1. The standard InChI is InChI=1S/C14H24N2O4.C2HF3O2/c1-18-5-2-15-9-11-8-12(13(10-15)20-11)14(17)16-3-6-19-7-4-16;3-2(4,5)1(6)7/h11-13H,2-10H2,1H3;(H,6,7)/t11-,12+,13-;/m1./s1. The molecule has 3 atom stereocenters. The second-order valence-corrected chi connectivity index (χ2v) is 6.63. The number of carboxylic acids is 1. The summed E-state index contributed by atoms with van der Waals surface area (Å²) in [5, 5.41) is 7.12. The van der Waals surface area contributed by atoms with E-state index in [4.69, 9.17) is 24.1 Å². The van der Waals surface area contributed by atoms with Gasteiger partial charge >= 0.3 is 12.1 Å². The van der Waals surface area contributed by atoms with E-state index in [9.17, 15) is 18.0 Å². The van der Waals surface area contributed by atoms with Gasteiger partial charge in [-0.15, -0.1) is 0 Å². The fourth-order valence-electron chi connectivity index (χ4n) is 3.42. The Balaban J connectivity index is 0.000000321. The number of morpholine rings is 2. The van der Waals surface area contributed by atoms with E-state index in [1.54, 1.807) is 7.11 Å². The van der Waals surface area contributed by atoms with Crippen LogP contribution in [-0.4, -0.2) is 105 Å². The van der Waals surface area contributed by atoms with E-state index in [1.807, 2.05) is 4.90 Å². The number of halogens is 3. The van der Waals surface area contributed by atoms with E-state index in [-0.39, 0.29) is 24.0 Å². The van der Waals surface area contributed by atoms with Gasteiger partial charge in [0.1, 0.15) is 0 Å². The first-order valence-electron chi connectivity index (χ1n) is 8.75. The molecule has 3 aliphatic heterocycles. The third kappa shape index (κ3) is 6.30. The SMILES string of the molecule is COCCN1C[C@H]2C[C@H](C(=O)N3CCOCC3)[C@@H](C1)O2.O=C(O)C(F)(F)F. The number of hydrogen-bond acceptors (Lipinski definition) is 6. The van der Waals surface area contributed by atoms with E-state index in [0.29, 0.717) is 13.2 Å². The zero-order valence-corrected chi connectivity index (χ0v) is 15.1. The van der Waals surface area contributed by atoms with Gasteiger partial charge in [0, 0.05) is 39.8 Å². The van der Waals surface area contributed by atoms with Crippen LogP contribution < -0.4 is 0 Å². The van der Waals surface area contributed by atoms with E-state index in [2.05, 4.69) is 4.90 Å². The van der Waals surface area contributed by atoms with Gasteiger partial charge in [-0.25, -0.2) is 4.79 Å². The second-order valence-electron chi connectivity index (χ2n) is 6.63. The molecular weight excluding hydrogens is 373 g/mol. The fraction of sp³-hybridized carbons (Fsp3) is 0.875. The number of carbonyl (C=O) groups excluding carboxylic acids is 1. The van der Waals surface area contributed by atoms with Crippen molar-refractivity contribution in [3.63, 3.8) is 0 Å². The van der Waals surface area contributed by atoms with Gasteiger partial charge in [0.15, 0.2) is 0 Å². The van der Waals surface area contributed by atoms with Crippen molar-refractivity contribution < 1.29 is 42.1 Å². The van der Waals surface area contributed by atoms with Crippen LogP contribution in [-0.2, 0) is 23.8 Å². The molecule has 3 aliphatic rings. The Labute approximate surface area is 155 Å². The molecule has 0 unspecified atom stereocenters. The van der Waals surface area contributed by atoms with Crippen LogP contribution in [0.15, 0.2) is 0 Å². The number of rotatable bonds is 4. The first-order chi connectivity index (χ1) is 12.7. The van der Waals surface area contributed by atoms with E-state index in [1.165, 1.54) is 0 Å². The molecule has 0 spiro atoms. The number of methoxy groups -OCH3 is 1. The summed E-state index contributed by atoms with van der Waals surface area (Å²) in [6, 6.07) is 0. The van der Waals surface area contributed by atoms with Gasteiger partial charge in [-0.3, -0.25) is 9.69 Å². The van der Waals surface area contributed by atoms with Crippen molar-refractivity contribution >= 4 is 11.9 Å². The molecule has 1 N–H and O–H groups in total. The summed E-state index contributed by atoms with van der Waals surface area (Å²) in [5.74, 6) is -2.47. The molecule has 0 aromatic carbocycles. The highest BCUT2D eigenvalue weighted by molar-refractivity contribution is 5.80. The number of carbonyl (C=O) groups is 2. The molecule has 8 nitrogen and oxygen atoms in total. The lowest BCUT2D eigenvalue weighted by molar-refractivity contribution is -0.192. The third-order valence-electron chi connectivity index (χ3n) is 4.73. The third-order valence-corrected chi connectivity index (χ3v) is 4.73. The lowest BCUT2D eigenvalue weighted by atomic mass is 9.98. The van der Waals surface area contributed by atoms with Crippen LogP contribution in [0.1, 0.15) is 6.42 Å². The Kier molecular flexibility index (Phi) is 7.83. The van der Waals surface area contributed by atoms with Crippen molar-refractivity contribution in [1.29, 1.82) is 0 Å². The van der Waals surface area contributed by atoms with Crippen LogP contribution in [0.25, 0.3) is 0 Å². The lowest BCUT2D eigenvalue weighted by Gasteiger charge is -2.34. The van der Waals surface area contributed by atoms with Crippen LogP contribution in [0.5, 0.6) is 0 Å². The molecule has 3 heterocycles. The van der Waals surface area contributed by atoms with Crippen molar-refractivity contribution in [1.82, 2.24) is 9.80 Å². The van der Waals surface area contributed by atoms with Gasteiger partial charge in [0.05, 0.1) is 37.9 Å². The summed E-state index contributed by atoms with van der Waals surface area (Å²) in [6.45, 7) is 6.20. The minimum absolute atomic E-state index is 0.0330. The van der Waals surface area contributed by atoms with Crippen molar-refractivity contribution in [2.75, 3.05) is 59.7 Å². The highest BCUT2D eigenvalue weighted by atomic mass is 19.4. The topological polar surface area (TPSA) is 88.5 Å². The first kappa shape index (κ1) is 21.9. The molecule has 3 fully saturated rings. The molecule has 27 heavy (non-hydrogen) atoms. The van der Waals surface area contributed by atoms with E-state index < -0.39 is 12.1 Å². The molecule has 0 aromatic rings. The number of fused-ring (bicyclic) bond motifs is 2. The van der Waals surface area contributed by atoms with Crippen LogP contribution in [0.3, 0.4) is 0 Å². The maximum atomic E-state index is 12.6. The largest absolute Gasteiger partial charge is 0.490 e. The van der Waals surface area contributed by atoms with Crippen LogP contribution in [0.2, 0.25) is 0 Å². The molecule has 0 aliphatic carbocycles. The maximum Gasteiger partial charge on any atom is 0.490 e. The smallest absolute Gasteiger partial charge is 0.475 e. The molecule has 3 saturated heterocycles. The molecule has 0 radical (unpaired) electrons. The molecule has 2 bridgehead atoms. The summed E-state index contributed by atoms with van der Waals surface area (Å²) in [5.41, 5.74) is 0. The number of ether oxygens (including phenoxy) is 3. The molecule has 0 saturated carbocycles. The quantitative estimate of drug-likeness (QED) is 0.725. The molecule has 3 rings (SSSR count). The van der Waals surface area contributed by atoms with Crippen molar-refractivity contribution in [3.8, 4) is 0 Å². The molecule has 0 aromatic heterocycles. The number of likely N-dealkylation sites (tertiary alicyclic amines) is 1. The highest BCUT2D eigenvalue weighted by Crippen LogP contribution is 2.33. The predicted octanol–water partition coefficient (Wildman–Crippen LogP) is 0.214. The maximum absolute atomic E-state index is 12.6. The molecule has 156 valence electrons. The predicted molar refractivity (Wildman–Crippen MR) is 86.2 cm³/mol. The minimum Gasteiger partial charge on any atom is -0.475 e. The van der Waals surface area contributed by atoms with Crippen molar-refractivity contribution in [2.24, 2.45) is 5.92 Å². The highest BCUT2D eigenvalue weighted by Gasteiger charge is 2.45. The first-order valence-corrected chi connectivity index (χ1v) is 8.75. The summed E-state index contributed by atoms with van der Waals surface area (Å²) in [7, 11) is 1.72. The van der Waals surface area contributed by atoms with Crippen LogP contribution >= 0.6 is 0 Å². The Morgan fingerprint density at radius 1 is 1.22 bits per heavy atom. The Hall–Kier alpha value is -1.43. The number of alkyl halides is 3. The Bertz CT molecular complexity index is 513. The summed E-state index contributed by atoms with van der Waals surface area (Å²) < 4.78 is 48.2. The average molecular weight is 398 g/mol. The zero-order chi connectivity index (χ0) is 20.0. The van der Waals surface area contributed by atoms with Gasteiger partial charge in [-0.05, 0) is 6.42 Å². The summed E-state index contributed by atoms with van der Waals surface area (Å²) in [6.07, 6.45) is -3.95. The van der Waals surface area contributed by atoms with Crippen LogP contribution in [0.4, 0.5) is 13.2 Å². The Morgan fingerprint density at radius 2 is 1.85 bits per heavy atom. The molecule has 11 heteroatoms. The lowest BCUT2D eigenvalue weighted by Crippen LogP contribution is -2.48. The molecular formula is C16H25F3N2O6. The monoisotopic (exact) mass is 398 g/mol. The van der Waals surface area contributed by atoms with Gasteiger partial charge in [-0.1, -0.05) is 0 Å². The molecule has 1 amide bonds. The van der Waals surface area contributed by atoms with Gasteiger partial charge < -0.3 is 24.2 Å². The van der Waals surface area contributed by atoms with E-state index in [0.717, 1.165) is 45.8 Å². The summed E-state index contributed by atoms with van der Waals surface area (Å²) >= 11 is 0. The number of aliphatic carboxylic acids is 1. The normalized spacial score (nSPS) is 28.4. The van der Waals surface area contributed by atoms with Gasteiger partial charge in [-0.2, -0.15) is 13.2 Å². The summed E-state index contributed by atoms with van der Waals surface area (Å²) in [4.78, 5) is 25.8. The minimum atomic E-state index is -5.08. The van der Waals surface area contributed by atoms with Gasteiger partial charge in [0.25, 0.3) is 0 Å². The van der Waals surface area contributed by atoms with Crippen molar-refractivity contribution in [3.05, 3.63) is 0 Å². The number of hydrogen-bond donors (Lipinski definition) is 1. The Morgan fingerprint density at radius 3 is 2.41 bits per heavy atom. The second kappa shape index (κ2) is 9.67. The van der Waals surface area contributed by atoms with Gasteiger partial charge in [0.2, 0.25) is 5.91 Å². The number of amides is 1. The van der Waals surface area contributed by atoms with E-state index >= 15 is 0 Å². The zero-order valence-electron chi connectivity index (χ0n) is 15.1. The van der Waals surface area contributed by atoms with Crippen LogP contribution in [0, 0.1) is 5.92 Å². The fourth-order valence-corrected chi connectivity index (χ4v) is 3.42. The number of nitrogens with zero attached hydrogens (tertiary/aromatic N) is 2. The van der Waals surface area contributed by atoms with Crippen molar-refractivity contribution in [2.45, 2.75) is 24.8 Å². The average Bonchev–Trinajstić information content (AvgIpc) is 2.94.